The number of nitrogens with one attached hydrogen (secondary N) is 1. The molecule has 0 radical (unpaired) electrons. The Hall–Kier alpha value is -0.890. The summed E-state index contributed by atoms with van der Waals surface area (Å²) in [5.41, 5.74) is 2.94. The molecule has 3 unspecified atom stereocenters. The van der Waals surface area contributed by atoms with E-state index in [4.69, 9.17) is 4.98 Å². The Labute approximate surface area is 117 Å². The first-order valence-corrected chi connectivity index (χ1v) is 7.99. The summed E-state index contributed by atoms with van der Waals surface area (Å²) in [6.07, 6.45) is 12.8. The molecule has 1 aromatic rings. The van der Waals surface area contributed by atoms with Crippen LogP contribution in [0.1, 0.15) is 62.1 Å². The summed E-state index contributed by atoms with van der Waals surface area (Å²) in [7, 11) is 2.13. The van der Waals surface area contributed by atoms with Gasteiger partial charge in [0.25, 0.3) is 0 Å². The Morgan fingerprint density at radius 1 is 1.16 bits per heavy atom. The average molecular weight is 258 g/mol. The standard InChI is InChI=1S/C17H26N2/c1-18-15-9-3-2-6-14(12-15)16-10-4-7-13-8-5-11-19-17(13)16/h5,8,11,14-16,18H,2-4,6-7,9-10,12H2,1H3. The van der Waals surface area contributed by atoms with E-state index < -0.39 is 0 Å². The second kappa shape index (κ2) is 6.04. The highest BCUT2D eigenvalue weighted by atomic mass is 14.9. The minimum Gasteiger partial charge on any atom is -0.317 e. The van der Waals surface area contributed by atoms with Gasteiger partial charge in [-0.25, -0.2) is 0 Å². The average Bonchev–Trinajstić information content (AvgIpc) is 2.72. The number of hydrogen-bond donors (Lipinski definition) is 1. The maximum Gasteiger partial charge on any atom is 0.0469 e. The molecule has 0 amide bonds. The SMILES string of the molecule is CNC1CCCCC(C2CCCc3cccnc32)C1. The van der Waals surface area contributed by atoms with Gasteiger partial charge >= 0.3 is 0 Å². The lowest BCUT2D eigenvalue weighted by molar-refractivity contribution is 0.312. The maximum absolute atomic E-state index is 4.74. The molecule has 3 rings (SSSR count). The van der Waals surface area contributed by atoms with Gasteiger partial charge in [0.1, 0.15) is 0 Å². The molecule has 2 heteroatoms. The van der Waals surface area contributed by atoms with Crippen molar-refractivity contribution in [3.05, 3.63) is 29.6 Å². The molecule has 1 saturated carbocycles. The normalized spacial score (nSPS) is 31.5. The van der Waals surface area contributed by atoms with Crippen LogP contribution in [0.4, 0.5) is 0 Å². The lowest BCUT2D eigenvalue weighted by Crippen LogP contribution is -2.29. The zero-order valence-corrected chi connectivity index (χ0v) is 12.1. The van der Waals surface area contributed by atoms with E-state index in [-0.39, 0.29) is 0 Å². The van der Waals surface area contributed by atoms with E-state index in [0.29, 0.717) is 0 Å². The number of aryl methyl sites for hydroxylation is 1. The molecule has 0 aliphatic heterocycles. The van der Waals surface area contributed by atoms with Crippen molar-refractivity contribution in [2.45, 2.75) is 63.3 Å². The number of aromatic nitrogens is 1. The molecule has 2 nitrogen and oxygen atoms in total. The summed E-state index contributed by atoms with van der Waals surface area (Å²) in [5.74, 6) is 1.56. The zero-order chi connectivity index (χ0) is 13.1. The van der Waals surface area contributed by atoms with Crippen LogP contribution in [-0.2, 0) is 6.42 Å². The van der Waals surface area contributed by atoms with Gasteiger partial charge in [-0.15, -0.1) is 0 Å². The number of nitrogens with zero attached hydrogens (tertiary/aromatic N) is 1. The summed E-state index contributed by atoms with van der Waals surface area (Å²) in [6.45, 7) is 0. The van der Waals surface area contributed by atoms with Gasteiger partial charge in [0.2, 0.25) is 0 Å². The van der Waals surface area contributed by atoms with Crippen LogP contribution < -0.4 is 5.32 Å². The third-order valence-electron chi connectivity index (χ3n) is 5.18. The van der Waals surface area contributed by atoms with Crippen molar-refractivity contribution in [1.82, 2.24) is 10.3 Å². The number of fused-ring (bicyclic) bond motifs is 1. The van der Waals surface area contributed by atoms with E-state index in [9.17, 15) is 0 Å². The molecular weight excluding hydrogens is 232 g/mol. The Morgan fingerprint density at radius 2 is 2.05 bits per heavy atom. The highest BCUT2D eigenvalue weighted by Gasteiger charge is 2.31. The van der Waals surface area contributed by atoms with Crippen LogP contribution in [-0.4, -0.2) is 18.1 Å². The van der Waals surface area contributed by atoms with Crippen molar-refractivity contribution in [3.63, 3.8) is 0 Å². The van der Waals surface area contributed by atoms with Crippen LogP contribution in [0.3, 0.4) is 0 Å². The summed E-state index contributed by atoms with van der Waals surface area (Å²) in [4.78, 5) is 4.74. The summed E-state index contributed by atoms with van der Waals surface area (Å²) in [6, 6.07) is 5.12. The minimum absolute atomic E-state index is 0.721. The fraction of sp³-hybridized carbons (Fsp3) is 0.706. The molecule has 0 saturated heterocycles. The first kappa shape index (κ1) is 13.1. The Kier molecular flexibility index (Phi) is 4.17. The van der Waals surface area contributed by atoms with Gasteiger partial charge in [0.05, 0.1) is 0 Å². The lowest BCUT2D eigenvalue weighted by Gasteiger charge is -2.32. The lowest BCUT2D eigenvalue weighted by atomic mass is 9.75. The highest BCUT2D eigenvalue weighted by molar-refractivity contribution is 5.26. The topological polar surface area (TPSA) is 24.9 Å². The van der Waals surface area contributed by atoms with Gasteiger partial charge in [0.15, 0.2) is 0 Å². The summed E-state index contributed by atoms with van der Waals surface area (Å²) in [5, 5.41) is 3.52. The third kappa shape index (κ3) is 2.84. The van der Waals surface area contributed by atoms with Crippen LogP contribution in [0.25, 0.3) is 0 Å². The van der Waals surface area contributed by atoms with Crippen molar-refractivity contribution < 1.29 is 0 Å². The zero-order valence-electron chi connectivity index (χ0n) is 12.1. The summed E-state index contributed by atoms with van der Waals surface area (Å²) >= 11 is 0. The summed E-state index contributed by atoms with van der Waals surface area (Å²) < 4.78 is 0. The highest BCUT2D eigenvalue weighted by Crippen LogP contribution is 2.41. The number of hydrogen-bond acceptors (Lipinski definition) is 2. The Bertz CT molecular complexity index is 415. The molecule has 104 valence electrons. The van der Waals surface area contributed by atoms with Crippen molar-refractivity contribution in [1.29, 1.82) is 0 Å². The molecule has 3 atom stereocenters. The van der Waals surface area contributed by atoms with Crippen LogP contribution in [0.2, 0.25) is 0 Å². The van der Waals surface area contributed by atoms with Crippen molar-refractivity contribution in [3.8, 4) is 0 Å². The predicted octanol–water partition coefficient (Wildman–Crippen LogP) is 3.67. The van der Waals surface area contributed by atoms with E-state index in [2.05, 4.69) is 24.5 Å². The molecule has 0 spiro atoms. The smallest absolute Gasteiger partial charge is 0.0469 e. The van der Waals surface area contributed by atoms with Gasteiger partial charge < -0.3 is 5.32 Å². The monoisotopic (exact) mass is 258 g/mol. The first-order valence-electron chi connectivity index (χ1n) is 7.99. The van der Waals surface area contributed by atoms with Crippen molar-refractivity contribution in [2.75, 3.05) is 7.05 Å². The predicted molar refractivity (Wildman–Crippen MR) is 79.3 cm³/mol. The molecule has 19 heavy (non-hydrogen) atoms. The number of rotatable bonds is 2. The van der Waals surface area contributed by atoms with E-state index in [0.717, 1.165) is 17.9 Å². The van der Waals surface area contributed by atoms with Crippen molar-refractivity contribution >= 4 is 0 Å². The van der Waals surface area contributed by atoms with Gasteiger partial charge in [-0.3, -0.25) is 4.98 Å². The van der Waals surface area contributed by atoms with Crippen LogP contribution >= 0.6 is 0 Å². The molecule has 1 N–H and O–H groups in total. The molecule has 0 aromatic carbocycles. The molecule has 1 heterocycles. The second-order valence-corrected chi connectivity index (χ2v) is 6.31. The van der Waals surface area contributed by atoms with Crippen LogP contribution in [0.5, 0.6) is 0 Å². The third-order valence-corrected chi connectivity index (χ3v) is 5.18. The van der Waals surface area contributed by atoms with Gasteiger partial charge in [-0.05, 0) is 63.1 Å². The molecule has 2 aliphatic carbocycles. The molecular formula is C17H26N2. The second-order valence-electron chi connectivity index (χ2n) is 6.31. The van der Waals surface area contributed by atoms with E-state index in [1.165, 1.54) is 62.6 Å². The fourth-order valence-corrected chi connectivity index (χ4v) is 4.13. The van der Waals surface area contributed by atoms with Gasteiger partial charge in [-0.2, -0.15) is 0 Å². The quantitative estimate of drug-likeness (QED) is 0.819. The molecule has 0 bridgehead atoms. The van der Waals surface area contributed by atoms with Crippen LogP contribution in [0, 0.1) is 5.92 Å². The Morgan fingerprint density at radius 3 is 2.95 bits per heavy atom. The molecule has 1 fully saturated rings. The van der Waals surface area contributed by atoms with E-state index in [1.54, 1.807) is 0 Å². The fourth-order valence-electron chi connectivity index (χ4n) is 4.13. The Balaban J connectivity index is 1.81. The molecule has 2 aliphatic rings. The largest absolute Gasteiger partial charge is 0.317 e. The van der Waals surface area contributed by atoms with E-state index in [1.807, 2.05) is 6.20 Å². The first-order chi connectivity index (χ1) is 9.38. The van der Waals surface area contributed by atoms with E-state index >= 15 is 0 Å². The van der Waals surface area contributed by atoms with Crippen LogP contribution in [0.15, 0.2) is 18.3 Å². The van der Waals surface area contributed by atoms with Gasteiger partial charge in [0, 0.05) is 23.9 Å². The maximum atomic E-state index is 4.74. The molecule has 1 aromatic heterocycles. The van der Waals surface area contributed by atoms with Gasteiger partial charge in [-0.1, -0.05) is 18.9 Å². The minimum atomic E-state index is 0.721. The number of pyridine rings is 1. The van der Waals surface area contributed by atoms with Crippen molar-refractivity contribution in [2.24, 2.45) is 5.92 Å².